The summed E-state index contributed by atoms with van der Waals surface area (Å²) in [6.45, 7) is 0. The van der Waals surface area contributed by atoms with Crippen molar-refractivity contribution in [2.75, 3.05) is 0 Å². The van der Waals surface area contributed by atoms with Crippen molar-refractivity contribution in [3.63, 3.8) is 0 Å². The van der Waals surface area contributed by atoms with Crippen molar-refractivity contribution in [1.29, 1.82) is 5.26 Å². The van der Waals surface area contributed by atoms with Crippen LogP contribution in [0.25, 0.3) is 0 Å². The molecule has 1 aliphatic carbocycles. The summed E-state index contributed by atoms with van der Waals surface area (Å²) in [5.74, 6) is -2.61. The van der Waals surface area contributed by atoms with Crippen LogP contribution in [0.2, 0.25) is 0 Å². The van der Waals surface area contributed by atoms with Gasteiger partial charge >= 0.3 is 0 Å². The normalized spacial score (nSPS) is 17.2. The molecule has 0 unspecified atom stereocenters. The van der Waals surface area contributed by atoms with Crippen molar-refractivity contribution in [1.82, 2.24) is 5.32 Å². The summed E-state index contributed by atoms with van der Waals surface area (Å²) in [7, 11) is 0. The first kappa shape index (κ1) is 12.5. The van der Waals surface area contributed by atoms with Crippen LogP contribution < -0.4 is 5.32 Å². The molecule has 1 saturated carbocycles. The van der Waals surface area contributed by atoms with Crippen LogP contribution in [0.5, 0.6) is 0 Å². The lowest BCUT2D eigenvalue weighted by molar-refractivity contribution is 0.0920. The van der Waals surface area contributed by atoms with E-state index in [1.54, 1.807) is 0 Å². The topological polar surface area (TPSA) is 52.9 Å². The van der Waals surface area contributed by atoms with Gasteiger partial charge in [-0.15, -0.1) is 0 Å². The number of carbonyl (C=O) groups excluding carboxylic acids is 1. The zero-order valence-electron chi connectivity index (χ0n) is 9.67. The number of amides is 1. The number of rotatable bonds is 2. The molecule has 5 heteroatoms. The number of nitrogens with one attached hydrogen (secondary N) is 1. The highest BCUT2D eigenvalue weighted by molar-refractivity contribution is 5.95. The molecule has 0 spiro atoms. The minimum absolute atomic E-state index is 0.0235. The van der Waals surface area contributed by atoms with Crippen LogP contribution in [0.1, 0.15) is 36.0 Å². The van der Waals surface area contributed by atoms with E-state index in [2.05, 4.69) is 11.4 Å². The maximum absolute atomic E-state index is 13.0. The summed E-state index contributed by atoms with van der Waals surface area (Å²) in [6, 6.07) is 5.05. The fourth-order valence-electron chi connectivity index (χ4n) is 2.17. The third-order valence-corrected chi connectivity index (χ3v) is 3.21. The van der Waals surface area contributed by atoms with Gasteiger partial charge < -0.3 is 5.32 Å². The molecule has 0 atom stereocenters. The second kappa shape index (κ2) is 4.73. The van der Waals surface area contributed by atoms with Crippen LogP contribution >= 0.6 is 0 Å². The summed E-state index contributed by atoms with van der Waals surface area (Å²) < 4.78 is 25.8. The van der Waals surface area contributed by atoms with Crippen LogP contribution in [-0.4, -0.2) is 11.4 Å². The van der Waals surface area contributed by atoms with E-state index in [1.165, 1.54) is 6.07 Å². The van der Waals surface area contributed by atoms with Crippen LogP contribution in [0.4, 0.5) is 8.78 Å². The van der Waals surface area contributed by atoms with Crippen molar-refractivity contribution in [3.8, 4) is 6.07 Å². The highest BCUT2D eigenvalue weighted by atomic mass is 19.2. The average Bonchev–Trinajstić information content (AvgIpc) is 2.82. The fourth-order valence-corrected chi connectivity index (χ4v) is 2.17. The summed E-state index contributed by atoms with van der Waals surface area (Å²) >= 11 is 0. The predicted molar refractivity (Wildman–Crippen MR) is 60.6 cm³/mol. The Bertz CT molecular complexity index is 516. The van der Waals surface area contributed by atoms with Gasteiger partial charge in [-0.1, -0.05) is 0 Å². The Morgan fingerprint density at radius 2 is 1.94 bits per heavy atom. The third kappa shape index (κ3) is 2.33. The lowest BCUT2D eigenvalue weighted by Crippen LogP contribution is -2.45. The Balaban J connectivity index is 2.17. The van der Waals surface area contributed by atoms with Crippen molar-refractivity contribution >= 4 is 5.91 Å². The molecule has 94 valence electrons. The number of benzene rings is 1. The lowest BCUT2D eigenvalue weighted by atomic mass is 9.99. The van der Waals surface area contributed by atoms with Crippen molar-refractivity contribution in [2.24, 2.45) is 0 Å². The van der Waals surface area contributed by atoms with E-state index >= 15 is 0 Å². The number of carbonyl (C=O) groups is 1. The Kier molecular flexibility index (Phi) is 3.28. The Hall–Kier alpha value is -1.96. The number of nitrogens with zero attached hydrogens (tertiary/aromatic N) is 1. The van der Waals surface area contributed by atoms with Gasteiger partial charge in [-0.3, -0.25) is 4.79 Å². The molecule has 0 radical (unpaired) electrons. The van der Waals surface area contributed by atoms with Crippen molar-refractivity contribution < 1.29 is 13.6 Å². The van der Waals surface area contributed by atoms with Gasteiger partial charge in [0.15, 0.2) is 11.6 Å². The summed E-state index contributed by atoms with van der Waals surface area (Å²) in [5, 5.41) is 11.7. The number of hydrogen-bond donors (Lipinski definition) is 1. The summed E-state index contributed by atoms with van der Waals surface area (Å²) in [5.41, 5.74) is -0.836. The van der Waals surface area contributed by atoms with E-state index in [4.69, 9.17) is 5.26 Å². The van der Waals surface area contributed by atoms with Gasteiger partial charge in [-0.25, -0.2) is 8.78 Å². The first-order valence-electron chi connectivity index (χ1n) is 5.75. The minimum Gasteiger partial charge on any atom is -0.334 e. The average molecular weight is 250 g/mol. The van der Waals surface area contributed by atoms with E-state index in [1.807, 2.05) is 0 Å². The molecule has 18 heavy (non-hydrogen) atoms. The molecule has 1 aliphatic rings. The van der Waals surface area contributed by atoms with Crippen LogP contribution in [0.3, 0.4) is 0 Å². The standard InChI is InChI=1S/C13H12F2N2O/c14-10-4-3-9(7-11(10)15)12(18)17-13(8-16)5-1-2-6-13/h3-4,7H,1-2,5-6H2,(H,17,18). The zero-order valence-corrected chi connectivity index (χ0v) is 9.67. The van der Waals surface area contributed by atoms with E-state index in [0.717, 1.165) is 25.0 Å². The van der Waals surface area contributed by atoms with Crippen LogP contribution in [0, 0.1) is 23.0 Å². The molecule has 2 rings (SSSR count). The molecule has 1 aromatic rings. The molecule has 0 aromatic heterocycles. The van der Waals surface area contributed by atoms with E-state index in [-0.39, 0.29) is 5.56 Å². The lowest BCUT2D eigenvalue weighted by Gasteiger charge is -2.21. The molecular weight excluding hydrogens is 238 g/mol. The molecule has 0 heterocycles. The highest BCUT2D eigenvalue weighted by Gasteiger charge is 2.35. The van der Waals surface area contributed by atoms with E-state index < -0.39 is 23.1 Å². The molecule has 1 N–H and O–H groups in total. The Labute approximate surface area is 103 Å². The second-order valence-corrected chi connectivity index (χ2v) is 4.48. The second-order valence-electron chi connectivity index (χ2n) is 4.48. The maximum atomic E-state index is 13.0. The SMILES string of the molecule is N#CC1(NC(=O)c2ccc(F)c(F)c2)CCCC1. The summed E-state index contributed by atoms with van der Waals surface area (Å²) in [6.07, 6.45) is 2.95. The molecular formula is C13H12F2N2O. The van der Waals surface area contributed by atoms with Gasteiger partial charge in [-0.05, 0) is 43.9 Å². The molecule has 1 aromatic carbocycles. The van der Waals surface area contributed by atoms with E-state index in [0.29, 0.717) is 12.8 Å². The molecule has 0 aliphatic heterocycles. The quantitative estimate of drug-likeness (QED) is 0.876. The molecule has 0 bridgehead atoms. The van der Waals surface area contributed by atoms with Crippen LogP contribution in [0.15, 0.2) is 18.2 Å². The molecule has 1 amide bonds. The minimum atomic E-state index is -1.07. The van der Waals surface area contributed by atoms with Crippen LogP contribution in [-0.2, 0) is 0 Å². The number of nitriles is 1. The monoisotopic (exact) mass is 250 g/mol. The van der Waals surface area contributed by atoms with Gasteiger partial charge in [0.2, 0.25) is 0 Å². The third-order valence-electron chi connectivity index (χ3n) is 3.21. The van der Waals surface area contributed by atoms with Gasteiger partial charge in [0.1, 0.15) is 5.54 Å². The van der Waals surface area contributed by atoms with Crippen molar-refractivity contribution in [3.05, 3.63) is 35.4 Å². The predicted octanol–water partition coefficient (Wildman–Crippen LogP) is 2.53. The number of hydrogen-bond acceptors (Lipinski definition) is 2. The fraction of sp³-hybridized carbons (Fsp3) is 0.385. The summed E-state index contributed by atoms with van der Waals surface area (Å²) in [4.78, 5) is 11.9. The van der Waals surface area contributed by atoms with Gasteiger partial charge in [0, 0.05) is 5.56 Å². The van der Waals surface area contributed by atoms with Gasteiger partial charge in [-0.2, -0.15) is 5.26 Å². The first-order chi connectivity index (χ1) is 8.56. The number of halogens is 2. The smallest absolute Gasteiger partial charge is 0.252 e. The van der Waals surface area contributed by atoms with Gasteiger partial charge in [0.05, 0.1) is 6.07 Å². The molecule has 3 nitrogen and oxygen atoms in total. The van der Waals surface area contributed by atoms with Gasteiger partial charge in [0.25, 0.3) is 5.91 Å². The molecule has 1 fully saturated rings. The first-order valence-corrected chi connectivity index (χ1v) is 5.75. The molecule has 0 saturated heterocycles. The highest BCUT2D eigenvalue weighted by Crippen LogP contribution is 2.29. The van der Waals surface area contributed by atoms with Crippen molar-refractivity contribution in [2.45, 2.75) is 31.2 Å². The maximum Gasteiger partial charge on any atom is 0.252 e. The van der Waals surface area contributed by atoms with E-state index in [9.17, 15) is 13.6 Å². The largest absolute Gasteiger partial charge is 0.334 e. The zero-order chi connectivity index (χ0) is 13.2. The Morgan fingerprint density at radius 3 is 2.50 bits per heavy atom. The Morgan fingerprint density at radius 1 is 1.28 bits per heavy atom.